The number of hydrogen-bond acceptors (Lipinski definition) is 3. The van der Waals surface area contributed by atoms with Crippen LogP contribution in [0.25, 0.3) is 17.0 Å². The van der Waals surface area contributed by atoms with Crippen molar-refractivity contribution in [3.8, 4) is 0 Å². The molecule has 1 N–H and O–H groups in total. The quantitative estimate of drug-likeness (QED) is 0.539. The van der Waals surface area contributed by atoms with E-state index in [0.29, 0.717) is 6.42 Å². The Kier molecular flexibility index (Phi) is 4.99. The molecule has 1 fully saturated rings. The summed E-state index contributed by atoms with van der Waals surface area (Å²) >= 11 is 0. The highest BCUT2D eigenvalue weighted by Crippen LogP contribution is 2.25. The fourth-order valence-electron chi connectivity index (χ4n) is 3.59. The Hall–Kier alpha value is -3.67. The summed E-state index contributed by atoms with van der Waals surface area (Å²) in [6.07, 6.45) is 4.02. The van der Waals surface area contributed by atoms with Gasteiger partial charge in [-0.25, -0.2) is 4.79 Å². The third-order valence-electron chi connectivity index (χ3n) is 5.11. The summed E-state index contributed by atoms with van der Waals surface area (Å²) in [6, 6.07) is 16.8. The zero-order chi connectivity index (χ0) is 20.4. The predicted molar refractivity (Wildman–Crippen MR) is 111 cm³/mol. The van der Waals surface area contributed by atoms with Crippen molar-refractivity contribution in [2.75, 3.05) is 6.54 Å². The van der Waals surface area contributed by atoms with Gasteiger partial charge >= 0.3 is 6.03 Å². The summed E-state index contributed by atoms with van der Waals surface area (Å²) in [4.78, 5) is 38.7. The molecule has 146 valence electrons. The highest BCUT2D eigenvalue weighted by Gasteiger charge is 2.35. The normalized spacial score (nSPS) is 16.0. The maximum absolute atomic E-state index is 13.0. The van der Waals surface area contributed by atoms with E-state index < -0.39 is 17.8 Å². The number of nitrogens with zero attached hydrogens (tertiary/aromatic N) is 2. The van der Waals surface area contributed by atoms with Gasteiger partial charge in [-0.2, -0.15) is 0 Å². The molecule has 0 unspecified atom stereocenters. The number of aromatic nitrogens is 1. The number of rotatable bonds is 5. The fraction of sp³-hybridized carbons (Fsp3) is 0.174. The van der Waals surface area contributed by atoms with Crippen LogP contribution in [-0.4, -0.2) is 33.9 Å². The van der Waals surface area contributed by atoms with Crippen molar-refractivity contribution in [1.29, 1.82) is 0 Å². The van der Waals surface area contributed by atoms with Gasteiger partial charge in [0.15, 0.2) is 0 Å². The number of imide groups is 2. The molecule has 0 aliphatic carbocycles. The van der Waals surface area contributed by atoms with Crippen molar-refractivity contribution < 1.29 is 14.4 Å². The van der Waals surface area contributed by atoms with Gasteiger partial charge in [0.1, 0.15) is 5.57 Å². The highest BCUT2D eigenvalue weighted by molar-refractivity contribution is 6.31. The van der Waals surface area contributed by atoms with Crippen molar-refractivity contribution in [2.45, 2.75) is 19.9 Å². The Morgan fingerprint density at radius 2 is 1.69 bits per heavy atom. The molecule has 2 heterocycles. The van der Waals surface area contributed by atoms with Gasteiger partial charge in [0.05, 0.1) is 0 Å². The second-order valence-electron chi connectivity index (χ2n) is 6.90. The molecule has 0 atom stereocenters. The molecule has 4 amide bonds. The average Bonchev–Trinajstić information content (AvgIpc) is 3.09. The number of hydrogen-bond donors (Lipinski definition) is 1. The molecule has 4 rings (SSSR count). The van der Waals surface area contributed by atoms with Crippen LogP contribution >= 0.6 is 0 Å². The summed E-state index contributed by atoms with van der Waals surface area (Å²) in [7, 11) is 0. The third kappa shape index (κ3) is 3.57. The maximum atomic E-state index is 13.0. The number of barbiturate groups is 1. The van der Waals surface area contributed by atoms with Gasteiger partial charge in [0, 0.05) is 35.8 Å². The summed E-state index contributed by atoms with van der Waals surface area (Å²) in [5.41, 5.74) is 2.79. The van der Waals surface area contributed by atoms with E-state index in [9.17, 15) is 14.4 Å². The molecular formula is C23H21N3O3. The lowest BCUT2D eigenvalue weighted by Gasteiger charge is -2.26. The number of nitrogens with one attached hydrogen (secondary N) is 1. The van der Waals surface area contributed by atoms with E-state index in [0.717, 1.165) is 33.5 Å². The SMILES string of the molecule is CCn1cc(C=C2C(=O)NC(=O)N(CCc3ccccc3)C2=O)c2ccccc21. The van der Waals surface area contributed by atoms with Crippen molar-refractivity contribution in [3.05, 3.63) is 77.5 Å². The van der Waals surface area contributed by atoms with Crippen LogP contribution in [0.4, 0.5) is 4.79 Å². The minimum Gasteiger partial charge on any atom is -0.347 e. The number of para-hydroxylation sites is 1. The summed E-state index contributed by atoms with van der Waals surface area (Å²) in [5.74, 6) is -1.23. The van der Waals surface area contributed by atoms with Gasteiger partial charge in [0.25, 0.3) is 11.8 Å². The maximum Gasteiger partial charge on any atom is 0.331 e. The van der Waals surface area contributed by atoms with Crippen molar-refractivity contribution >= 4 is 34.8 Å². The zero-order valence-corrected chi connectivity index (χ0v) is 16.1. The summed E-state index contributed by atoms with van der Waals surface area (Å²) in [6.45, 7) is 3.01. The molecule has 2 aromatic carbocycles. The first-order valence-corrected chi connectivity index (χ1v) is 9.59. The molecule has 0 spiro atoms. The number of carbonyl (C=O) groups excluding carboxylic acids is 3. The monoisotopic (exact) mass is 387 g/mol. The first kappa shape index (κ1) is 18.7. The largest absolute Gasteiger partial charge is 0.347 e. The van der Waals surface area contributed by atoms with Crippen molar-refractivity contribution in [1.82, 2.24) is 14.8 Å². The van der Waals surface area contributed by atoms with Gasteiger partial charge in [-0.05, 0) is 31.1 Å². The Morgan fingerprint density at radius 3 is 2.45 bits per heavy atom. The van der Waals surface area contributed by atoms with Crippen LogP contribution in [0.5, 0.6) is 0 Å². The number of benzene rings is 2. The second kappa shape index (κ2) is 7.75. The topological polar surface area (TPSA) is 71.4 Å². The Balaban J connectivity index is 1.65. The van der Waals surface area contributed by atoms with E-state index in [-0.39, 0.29) is 12.1 Å². The van der Waals surface area contributed by atoms with E-state index in [1.54, 1.807) is 6.08 Å². The van der Waals surface area contributed by atoms with Gasteiger partial charge < -0.3 is 4.57 Å². The van der Waals surface area contributed by atoms with E-state index in [2.05, 4.69) is 9.88 Å². The van der Waals surface area contributed by atoms with Gasteiger partial charge in [-0.15, -0.1) is 0 Å². The van der Waals surface area contributed by atoms with E-state index in [1.807, 2.05) is 67.7 Å². The standard InChI is InChI=1S/C23H21N3O3/c1-2-25-15-17(18-10-6-7-11-20(18)25)14-19-21(27)24-23(29)26(22(19)28)13-12-16-8-4-3-5-9-16/h3-11,14-15H,2,12-13H2,1H3,(H,24,27,29). The number of urea groups is 1. The molecule has 0 saturated carbocycles. The number of carbonyl (C=O) groups is 3. The number of aryl methyl sites for hydroxylation is 1. The minimum absolute atomic E-state index is 0.0309. The highest BCUT2D eigenvalue weighted by atomic mass is 16.2. The van der Waals surface area contributed by atoms with Crippen LogP contribution in [-0.2, 0) is 22.6 Å². The molecular weight excluding hydrogens is 366 g/mol. The first-order chi connectivity index (χ1) is 14.1. The minimum atomic E-state index is -0.677. The molecule has 29 heavy (non-hydrogen) atoms. The van der Waals surface area contributed by atoms with E-state index in [1.165, 1.54) is 0 Å². The molecule has 6 heteroatoms. The molecule has 1 aromatic heterocycles. The first-order valence-electron chi connectivity index (χ1n) is 9.59. The van der Waals surface area contributed by atoms with Crippen LogP contribution in [0, 0.1) is 0 Å². The van der Waals surface area contributed by atoms with Gasteiger partial charge in [-0.3, -0.25) is 19.8 Å². The molecule has 6 nitrogen and oxygen atoms in total. The Bertz CT molecular complexity index is 1130. The number of amides is 4. The summed E-state index contributed by atoms with van der Waals surface area (Å²) in [5, 5.41) is 3.24. The molecule has 0 radical (unpaired) electrons. The van der Waals surface area contributed by atoms with Crippen LogP contribution in [0.1, 0.15) is 18.1 Å². The van der Waals surface area contributed by atoms with E-state index >= 15 is 0 Å². The van der Waals surface area contributed by atoms with Gasteiger partial charge in [-0.1, -0.05) is 48.5 Å². The third-order valence-corrected chi connectivity index (χ3v) is 5.11. The smallest absolute Gasteiger partial charge is 0.331 e. The van der Waals surface area contributed by atoms with Gasteiger partial charge in [0.2, 0.25) is 0 Å². The van der Waals surface area contributed by atoms with Crippen LogP contribution in [0.15, 0.2) is 66.4 Å². The fourth-order valence-corrected chi connectivity index (χ4v) is 3.59. The van der Waals surface area contributed by atoms with E-state index in [4.69, 9.17) is 0 Å². The molecule has 1 aliphatic rings. The molecule has 3 aromatic rings. The second-order valence-corrected chi connectivity index (χ2v) is 6.90. The van der Waals surface area contributed by atoms with Crippen LogP contribution in [0.3, 0.4) is 0 Å². The lowest BCUT2D eigenvalue weighted by molar-refractivity contribution is -0.130. The number of fused-ring (bicyclic) bond motifs is 1. The predicted octanol–water partition coefficient (Wildman–Crippen LogP) is 3.37. The molecule has 1 saturated heterocycles. The summed E-state index contributed by atoms with van der Waals surface area (Å²) < 4.78 is 2.06. The molecule has 0 bridgehead atoms. The lowest BCUT2D eigenvalue weighted by Crippen LogP contribution is -2.54. The Morgan fingerprint density at radius 1 is 0.966 bits per heavy atom. The average molecular weight is 387 g/mol. The zero-order valence-electron chi connectivity index (χ0n) is 16.1. The molecule has 1 aliphatic heterocycles. The lowest BCUT2D eigenvalue weighted by atomic mass is 10.1. The van der Waals surface area contributed by atoms with Crippen LogP contribution in [0.2, 0.25) is 0 Å². The van der Waals surface area contributed by atoms with Crippen molar-refractivity contribution in [2.24, 2.45) is 0 Å². The van der Waals surface area contributed by atoms with Crippen molar-refractivity contribution in [3.63, 3.8) is 0 Å². The Labute approximate surface area is 168 Å². The van der Waals surface area contributed by atoms with Crippen LogP contribution < -0.4 is 5.32 Å².